The fraction of sp³-hybridized carbons (Fsp3) is 0.417. The first-order valence-electron chi connectivity index (χ1n) is 11.0. The Bertz CT molecular complexity index is 1130. The van der Waals surface area contributed by atoms with Crippen LogP contribution in [-0.4, -0.2) is 43.7 Å². The third kappa shape index (κ3) is 6.13. The number of halogens is 1. The van der Waals surface area contributed by atoms with Crippen LogP contribution in [0.3, 0.4) is 0 Å². The molecule has 0 saturated carbocycles. The first kappa shape index (κ1) is 25.2. The van der Waals surface area contributed by atoms with Crippen molar-refractivity contribution in [3.8, 4) is 0 Å². The van der Waals surface area contributed by atoms with E-state index in [1.54, 1.807) is 28.6 Å². The van der Waals surface area contributed by atoms with Crippen LogP contribution in [-0.2, 0) is 19.6 Å². The van der Waals surface area contributed by atoms with Gasteiger partial charge in [0.1, 0.15) is 0 Å². The summed E-state index contributed by atoms with van der Waals surface area (Å²) in [5.41, 5.74) is 2.93. The summed E-state index contributed by atoms with van der Waals surface area (Å²) in [7, 11) is -3.67. The van der Waals surface area contributed by atoms with Crippen molar-refractivity contribution in [1.29, 1.82) is 0 Å². The van der Waals surface area contributed by atoms with Crippen LogP contribution < -0.4 is 10.6 Å². The van der Waals surface area contributed by atoms with Crippen LogP contribution >= 0.6 is 11.6 Å². The van der Waals surface area contributed by atoms with Crippen LogP contribution in [0.25, 0.3) is 0 Å². The molecule has 2 N–H and O–H groups in total. The van der Waals surface area contributed by atoms with Crippen molar-refractivity contribution >= 4 is 39.1 Å². The third-order valence-corrected chi connectivity index (χ3v) is 8.29. The highest BCUT2D eigenvalue weighted by Gasteiger charge is 2.35. The summed E-state index contributed by atoms with van der Waals surface area (Å²) in [6.45, 7) is 6.24. The maximum absolute atomic E-state index is 13.6. The summed E-state index contributed by atoms with van der Waals surface area (Å²) in [6.07, 6.45) is 2.87. The molecule has 3 rings (SSSR count). The molecule has 1 heterocycles. The topological polar surface area (TPSA) is 95.6 Å². The third-order valence-electron chi connectivity index (χ3n) is 5.80. The van der Waals surface area contributed by atoms with Gasteiger partial charge in [-0.2, -0.15) is 4.31 Å². The second kappa shape index (κ2) is 10.7. The number of sulfonamides is 1. The molecule has 2 aromatic carbocycles. The minimum atomic E-state index is -3.67. The monoisotopic (exact) mass is 491 g/mol. The fourth-order valence-corrected chi connectivity index (χ4v) is 6.79. The maximum Gasteiger partial charge on any atom is 0.313 e. The highest BCUT2D eigenvalue weighted by molar-refractivity contribution is 7.89. The van der Waals surface area contributed by atoms with Gasteiger partial charge in [-0.1, -0.05) is 41.8 Å². The van der Waals surface area contributed by atoms with Gasteiger partial charge in [0, 0.05) is 29.8 Å². The van der Waals surface area contributed by atoms with E-state index in [0.717, 1.165) is 29.5 Å². The lowest BCUT2D eigenvalue weighted by atomic mass is 10.0. The molecular formula is C24H30ClN3O4S. The Kier molecular flexibility index (Phi) is 8.15. The van der Waals surface area contributed by atoms with Gasteiger partial charge < -0.3 is 10.6 Å². The molecule has 178 valence electrons. The van der Waals surface area contributed by atoms with Crippen LogP contribution in [0.2, 0.25) is 5.02 Å². The lowest BCUT2D eigenvalue weighted by molar-refractivity contribution is -0.136. The first-order chi connectivity index (χ1) is 15.6. The Balaban J connectivity index is 1.64. The first-order valence-corrected chi connectivity index (χ1v) is 12.9. The zero-order valence-electron chi connectivity index (χ0n) is 19.2. The van der Waals surface area contributed by atoms with Gasteiger partial charge in [-0.05, 0) is 69.4 Å². The van der Waals surface area contributed by atoms with Crippen LogP contribution in [0.4, 0.5) is 5.69 Å². The van der Waals surface area contributed by atoms with Gasteiger partial charge >= 0.3 is 11.8 Å². The van der Waals surface area contributed by atoms with Crippen LogP contribution in [0, 0.1) is 20.8 Å². The van der Waals surface area contributed by atoms with E-state index in [9.17, 15) is 18.0 Å². The second-order valence-corrected chi connectivity index (χ2v) is 10.8. The second-order valence-electron chi connectivity index (χ2n) is 8.50. The Morgan fingerprint density at radius 2 is 1.76 bits per heavy atom. The predicted molar refractivity (Wildman–Crippen MR) is 130 cm³/mol. The van der Waals surface area contributed by atoms with Crippen molar-refractivity contribution in [2.75, 3.05) is 18.4 Å². The summed E-state index contributed by atoms with van der Waals surface area (Å²) in [5, 5.41) is 5.55. The number of nitrogens with zero attached hydrogens (tertiary/aromatic N) is 1. The van der Waals surface area contributed by atoms with Crippen molar-refractivity contribution in [3.05, 3.63) is 58.1 Å². The molecule has 7 nitrogen and oxygen atoms in total. The minimum absolute atomic E-state index is 0.199. The minimum Gasteiger partial charge on any atom is -0.348 e. The van der Waals surface area contributed by atoms with Crippen LogP contribution in [0.1, 0.15) is 42.4 Å². The molecule has 2 aromatic rings. The highest BCUT2D eigenvalue weighted by atomic mass is 35.5. The van der Waals surface area contributed by atoms with Gasteiger partial charge in [-0.25, -0.2) is 8.42 Å². The summed E-state index contributed by atoms with van der Waals surface area (Å²) in [5.74, 6) is -1.57. The molecule has 33 heavy (non-hydrogen) atoms. The number of anilines is 1. The van der Waals surface area contributed by atoms with Gasteiger partial charge in [0.15, 0.2) is 0 Å². The Morgan fingerprint density at radius 3 is 2.42 bits per heavy atom. The summed E-state index contributed by atoms with van der Waals surface area (Å²) >= 11 is 5.89. The number of benzene rings is 2. The van der Waals surface area contributed by atoms with Crippen molar-refractivity contribution in [1.82, 2.24) is 9.62 Å². The van der Waals surface area contributed by atoms with Crippen molar-refractivity contribution in [3.63, 3.8) is 0 Å². The van der Waals surface area contributed by atoms with E-state index in [4.69, 9.17) is 11.6 Å². The number of carbonyl (C=O) groups excluding carboxylic acids is 2. The molecule has 1 aliphatic heterocycles. The molecule has 0 unspecified atom stereocenters. The largest absolute Gasteiger partial charge is 0.348 e. The van der Waals surface area contributed by atoms with Gasteiger partial charge in [0.05, 0.1) is 4.90 Å². The average Bonchev–Trinajstić information content (AvgIpc) is 2.73. The summed E-state index contributed by atoms with van der Waals surface area (Å²) in [4.78, 5) is 24.7. The van der Waals surface area contributed by atoms with Gasteiger partial charge in [0.25, 0.3) is 0 Å². The molecule has 1 fully saturated rings. The van der Waals surface area contributed by atoms with E-state index in [2.05, 4.69) is 10.6 Å². The molecule has 1 aliphatic rings. The van der Waals surface area contributed by atoms with Crippen molar-refractivity contribution in [2.45, 2.75) is 57.4 Å². The molecule has 1 atom stereocenters. The SMILES string of the molecule is Cc1cc(C)c(S(=O)(=O)N2CCCC[C@@H]2CCNC(=O)C(=O)Nc2cccc(Cl)c2)c(C)c1. The van der Waals surface area contributed by atoms with E-state index in [1.165, 1.54) is 0 Å². The number of hydrogen-bond acceptors (Lipinski definition) is 4. The molecular weight excluding hydrogens is 462 g/mol. The zero-order chi connectivity index (χ0) is 24.2. The Labute approximate surface area is 200 Å². The number of aryl methyl sites for hydroxylation is 3. The molecule has 0 bridgehead atoms. The predicted octanol–water partition coefficient (Wildman–Crippen LogP) is 3.95. The number of nitrogens with one attached hydrogen (secondary N) is 2. The number of piperidine rings is 1. The molecule has 1 saturated heterocycles. The van der Waals surface area contributed by atoms with Gasteiger partial charge in [-0.15, -0.1) is 0 Å². The van der Waals surface area contributed by atoms with E-state index < -0.39 is 21.8 Å². The fourth-order valence-electron chi connectivity index (χ4n) is 4.46. The lowest BCUT2D eigenvalue weighted by Crippen LogP contribution is -2.46. The highest BCUT2D eigenvalue weighted by Crippen LogP contribution is 2.31. The van der Waals surface area contributed by atoms with Crippen LogP contribution in [0.5, 0.6) is 0 Å². The molecule has 2 amide bonds. The summed E-state index contributed by atoms with van der Waals surface area (Å²) in [6, 6.07) is 10.1. The molecule has 9 heteroatoms. The van der Waals surface area contributed by atoms with E-state index in [-0.39, 0.29) is 12.6 Å². The average molecular weight is 492 g/mol. The lowest BCUT2D eigenvalue weighted by Gasteiger charge is -2.35. The maximum atomic E-state index is 13.6. The smallest absolute Gasteiger partial charge is 0.313 e. The molecule has 0 radical (unpaired) electrons. The zero-order valence-corrected chi connectivity index (χ0v) is 20.7. The molecule has 0 aliphatic carbocycles. The van der Waals surface area contributed by atoms with Crippen LogP contribution in [0.15, 0.2) is 41.3 Å². The van der Waals surface area contributed by atoms with E-state index >= 15 is 0 Å². The van der Waals surface area contributed by atoms with Crippen molar-refractivity contribution < 1.29 is 18.0 Å². The van der Waals surface area contributed by atoms with Crippen molar-refractivity contribution in [2.24, 2.45) is 0 Å². The quantitative estimate of drug-likeness (QED) is 0.598. The Morgan fingerprint density at radius 1 is 1.06 bits per heavy atom. The number of amides is 2. The van der Waals surface area contributed by atoms with Gasteiger partial charge in [0.2, 0.25) is 10.0 Å². The molecule has 0 aromatic heterocycles. The van der Waals surface area contributed by atoms with Gasteiger partial charge in [-0.3, -0.25) is 9.59 Å². The normalized spacial score (nSPS) is 16.9. The Hall–Kier alpha value is -2.42. The standard InChI is InChI=1S/C24H30ClN3O4S/c1-16-13-17(2)22(18(3)14-16)33(31,32)28-12-5-4-9-21(28)10-11-26-23(29)24(30)27-20-8-6-7-19(25)15-20/h6-8,13-15,21H,4-5,9-12H2,1-3H3,(H,26,29)(H,27,30)/t21-/m1/s1. The number of hydrogen-bond donors (Lipinski definition) is 2. The number of carbonyl (C=O) groups is 2. The van der Waals surface area contributed by atoms with E-state index in [1.807, 2.05) is 32.9 Å². The molecule has 0 spiro atoms. The summed E-state index contributed by atoms with van der Waals surface area (Å²) < 4.78 is 28.7. The number of rotatable bonds is 6. The van der Waals surface area contributed by atoms with E-state index in [0.29, 0.717) is 35.0 Å².